The smallest absolute Gasteiger partial charge is 0.481 e. The van der Waals surface area contributed by atoms with Crippen molar-refractivity contribution in [2.75, 3.05) is 43.5 Å². The molecule has 87 heavy (non-hydrogen) atoms. The molecule has 2 aromatic carbocycles. The maximum Gasteiger partial charge on any atom is 0.490 e. The highest BCUT2D eigenvalue weighted by Crippen LogP contribution is 2.66. The molecule has 3 heterocycles. The third kappa shape index (κ3) is 21.4. The first-order valence-corrected chi connectivity index (χ1v) is 33.0. The van der Waals surface area contributed by atoms with Crippen LogP contribution in [0.15, 0.2) is 61.1 Å². The molecule has 8 atom stereocenters. The van der Waals surface area contributed by atoms with E-state index in [4.69, 9.17) is 30.1 Å². The van der Waals surface area contributed by atoms with Crippen LogP contribution in [0.5, 0.6) is 0 Å². The zero-order valence-electron chi connectivity index (χ0n) is 45.4. The monoisotopic (exact) mass is 1320 g/mol. The summed E-state index contributed by atoms with van der Waals surface area (Å²) >= 11 is 0. The number of ether oxygens (including phenoxy) is 2. The van der Waals surface area contributed by atoms with Gasteiger partial charge in [-0.05, 0) is 35.1 Å². The minimum atomic E-state index is -5.80. The summed E-state index contributed by atoms with van der Waals surface area (Å²) in [5, 5.41) is 50.7. The second-order valence-corrected chi connectivity index (χ2v) is 26.0. The number of carbonyl (C=O) groups excluding carboxylic acids is 5. The number of alkyl carbamates (subject to hydrolysis) is 1. The van der Waals surface area contributed by atoms with Crippen molar-refractivity contribution in [3.05, 3.63) is 77.7 Å². The lowest BCUT2D eigenvalue weighted by Gasteiger charge is -2.20. The second kappa shape index (κ2) is 31.8. The standard InChI is InChI=1S/C49H60N9O24P3S2/c50-44-43-27(22-58(45(43)54-26-53-44)40-21-36(59)37(80-40)24-79-84(74,75)82-85(76,77)81-83(71,72)73)9-8-17-51-38(60)15-18-86-87-25-35(57-49(70)78-23-32-30-12-5-3-10-28(30)29-11-4-6-13-31(29)32)46(66)52-16-7-1-2-14-39(61)55-33(19-41(62)63)47(67)56-34(48(68)69)20-42(64)65/h3-6,10-13,22,26,32-37,40,59H,1-2,7,14-21,23-25H2,(H,51,60)(H,52,66)(H,55,61)(H,56,67)(H,57,70)(H,62,63)(H,64,65)(H,68,69)(H,74,75)(H,76,77)(H2,50,53,54)(H2,71,72,73)/t33?,34?,35?,36-,37-,40-/m1/s1. The van der Waals surface area contributed by atoms with Crippen LogP contribution in [-0.4, -0.2) is 170 Å². The number of carboxylic acid groups (broad SMARTS) is 3. The van der Waals surface area contributed by atoms with Gasteiger partial charge in [-0.15, -0.1) is 0 Å². The van der Waals surface area contributed by atoms with Gasteiger partial charge in [0.05, 0.1) is 43.0 Å². The summed E-state index contributed by atoms with van der Waals surface area (Å²) in [6, 6.07) is 10.7. The van der Waals surface area contributed by atoms with Gasteiger partial charge in [-0.25, -0.2) is 33.3 Å². The zero-order chi connectivity index (χ0) is 63.6. The van der Waals surface area contributed by atoms with E-state index in [1.807, 2.05) is 53.8 Å². The average Bonchev–Trinajstić information content (AvgIpc) is 1.66. The molecule has 1 aliphatic heterocycles. The van der Waals surface area contributed by atoms with E-state index in [1.165, 1.54) is 32.4 Å². The van der Waals surface area contributed by atoms with Gasteiger partial charge in [0.2, 0.25) is 23.6 Å². The van der Waals surface area contributed by atoms with Gasteiger partial charge in [-0.1, -0.05) is 88.4 Å². The van der Waals surface area contributed by atoms with E-state index in [9.17, 15) is 77.2 Å². The SMILES string of the molecule is Nc1ncnc2c1c(C#CCNC(=O)CCSSCC(NC(=O)OCC1c3ccccc3-c3ccccc31)C(=O)NCCCCCC(=O)NC(CC(=O)O)C(=O)NC(CC(=O)O)C(=O)O)cn2[C@H]1C[C@@H](O)[C@@H](COP(=O)(O)OP(=O)(O)OP(=O)(O)O)O1. The first kappa shape index (κ1) is 69.1. The number of hydrogen-bond acceptors (Lipinski definition) is 22. The number of phosphoric ester groups is 1. The summed E-state index contributed by atoms with van der Waals surface area (Å²) in [4.78, 5) is 144. The molecule has 472 valence electrons. The number of nitrogens with zero attached hydrogens (tertiary/aromatic N) is 3. The number of benzene rings is 2. The van der Waals surface area contributed by atoms with Crippen LogP contribution in [-0.2, 0) is 69.9 Å². The molecule has 33 nitrogen and oxygen atoms in total. The predicted octanol–water partition coefficient (Wildman–Crippen LogP) is 1.83. The van der Waals surface area contributed by atoms with Crippen LogP contribution < -0.4 is 32.3 Å². The number of nitrogen functional groups attached to an aromatic ring is 1. The molecule has 6 rings (SSSR count). The molecule has 15 N–H and O–H groups in total. The molecular weight excluding hydrogens is 1260 g/mol. The molecule has 5 unspecified atom stereocenters. The number of anilines is 1. The fourth-order valence-corrected chi connectivity index (χ4v) is 14.0. The topological polar surface area (TPSA) is 513 Å². The summed E-state index contributed by atoms with van der Waals surface area (Å²) in [5.74, 6) is -1.93. The summed E-state index contributed by atoms with van der Waals surface area (Å²) in [6.45, 7) is -1.00. The van der Waals surface area contributed by atoms with E-state index in [1.54, 1.807) is 0 Å². The van der Waals surface area contributed by atoms with Crippen molar-refractivity contribution in [1.29, 1.82) is 0 Å². The Bertz CT molecular complexity index is 3370. The van der Waals surface area contributed by atoms with E-state index in [2.05, 4.69) is 56.2 Å². The van der Waals surface area contributed by atoms with Crippen LogP contribution in [0, 0.1) is 11.8 Å². The number of aliphatic hydroxyl groups excluding tert-OH is 1. The number of hydrogen-bond donors (Lipinski definition) is 14. The van der Waals surface area contributed by atoms with Crippen molar-refractivity contribution in [3.63, 3.8) is 0 Å². The van der Waals surface area contributed by atoms with Gasteiger partial charge in [0.1, 0.15) is 54.9 Å². The van der Waals surface area contributed by atoms with E-state index >= 15 is 0 Å². The van der Waals surface area contributed by atoms with Gasteiger partial charge in [0, 0.05) is 49.4 Å². The van der Waals surface area contributed by atoms with Crippen LogP contribution >= 0.6 is 45.1 Å². The Balaban J connectivity index is 0.981. The molecule has 2 aliphatic rings. The minimum absolute atomic E-state index is 0.00407. The number of aliphatic carboxylic acids is 3. The van der Waals surface area contributed by atoms with Crippen LogP contribution in [0.2, 0.25) is 0 Å². The highest BCUT2D eigenvalue weighted by Gasteiger charge is 2.43. The number of nitrogens with one attached hydrogen (secondary N) is 5. The number of rotatable bonds is 33. The molecule has 1 saturated heterocycles. The largest absolute Gasteiger partial charge is 0.490 e. The number of nitrogens with two attached hydrogens (primary N) is 1. The normalized spacial score (nSPS) is 17.8. The molecule has 0 saturated carbocycles. The molecule has 0 bridgehead atoms. The summed E-state index contributed by atoms with van der Waals surface area (Å²) in [7, 11) is -14.5. The Morgan fingerprint density at radius 1 is 0.759 bits per heavy atom. The number of carbonyl (C=O) groups is 8. The van der Waals surface area contributed by atoms with Gasteiger partial charge in [-0.2, -0.15) is 8.62 Å². The highest BCUT2D eigenvalue weighted by molar-refractivity contribution is 8.76. The number of amides is 5. The zero-order valence-corrected chi connectivity index (χ0v) is 49.7. The van der Waals surface area contributed by atoms with Gasteiger partial charge in [0.25, 0.3) is 0 Å². The molecule has 1 fully saturated rings. The number of aliphatic hydroxyl groups is 1. The van der Waals surface area contributed by atoms with E-state index in [0.717, 1.165) is 28.6 Å². The Labute approximate surface area is 501 Å². The lowest BCUT2D eigenvalue weighted by molar-refractivity contribution is -0.148. The fraction of sp³-hybridized carbons (Fsp3) is 0.429. The van der Waals surface area contributed by atoms with Gasteiger partial charge in [-0.3, -0.25) is 33.3 Å². The number of phosphoric acid groups is 3. The van der Waals surface area contributed by atoms with Gasteiger partial charge < -0.3 is 86.4 Å². The minimum Gasteiger partial charge on any atom is -0.481 e. The maximum atomic E-state index is 13.6. The van der Waals surface area contributed by atoms with Crippen LogP contribution in [0.1, 0.15) is 80.2 Å². The summed E-state index contributed by atoms with van der Waals surface area (Å²) < 4.78 is 59.9. The Morgan fingerprint density at radius 3 is 2.08 bits per heavy atom. The lowest BCUT2D eigenvalue weighted by Crippen LogP contribution is -2.52. The van der Waals surface area contributed by atoms with E-state index < -0.39 is 127 Å². The molecule has 1 aliphatic carbocycles. The fourth-order valence-electron chi connectivity index (χ4n) is 8.79. The number of fused-ring (bicyclic) bond motifs is 4. The molecule has 4 aromatic rings. The highest BCUT2D eigenvalue weighted by atomic mass is 33.1. The lowest BCUT2D eigenvalue weighted by atomic mass is 9.98. The van der Waals surface area contributed by atoms with Crippen molar-refractivity contribution in [2.24, 2.45) is 0 Å². The number of unbranched alkanes of at least 4 members (excludes halogenated alkanes) is 2. The Hall–Kier alpha value is -6.99. The van der Waals surface area contributed by atoms with Crippen LogP contribution in [0.25, 0.3) is 22.2 Å². The van der Waals surface area contributed by atoms with E-state index in [0.29, 0.717) is 12.8 Å². The molecule has 0 spiro atoms. The molecular formula is C49H60N9O24P3S2. The molecule has 38 heteroatoms. The van der Waals surface area contributed by atoms with Crippen LogP contribution in [0.4, 0.5) is 10.6 Å². The van der Waals surface area contributed by atoms with Crippen molar-refractivity contribution in [2.45, 2.75) is 93.8 Å². The van der Waals surface area contributed by atoms with Gasteiger partial charge in [0.15, 0.2) is 0 Å². The number of aromatic nitrogens is 3. The average molecular weight is 1320 g/mol. The summed E-state index contributed by atoms with van der Waals surface area (Å²) in [5.41, 5.74) is 10.6. The Kier molecular flexibility index (Phi) is 25.2. The van der Waals surface area contributed by atoms with Crippen molar-refractivity contribution in [3.8, 4) is 23.0 Å². The predicted molar refractivity (Wildman–Crippen MR) is 305 cm³/mol. The molecule has 2 aromatic heterocycles. The van der Waals surface area contributed by atoms with Crippen LogP contribution in [0.3, 0.4) is 0 Å². The first-order valence-electron chi connectivity index (χ1n) is 26.0. The van der Waals surface area contributed by atoms with Crippen molar-refractivity contribution in [1.82, 2.24) is 41.1 Å². The maximum absolute atomic E-state index is 13.6. The van der Waals surface area contributed by atoms with E-state index in [-0.39, 0.29) is 85.2 Å². The third-order valence-electron chi connectivity index (χ3n) is 12.7. The third-order valence-corrected chi connectivity index (χ3v) is 18.9. The van der Waals surface area contributed by atoms with Gasteiger partial charge >= 0.3 is 47.5 Å². The first-order chi connectivity index (χ1) is 41.1. The summed E-state index contributed by atoms with van der Waals surface area (Å²) in [6.07, 6.45) is -3.38. The van der Waals surface area contributed by atoms with Crippen molar-refractivity contribution >= 4 is 110 Å². The molecule has 0 radical (unpaired) electrons. The Morgan fingerprint density at radius 2 is 1.43 bits per heavy atom. The quantitative estimate of drug-likeness (QED) is 0.0140. The number of carboxylic acids is 3. The van der Waals surface area contributed by atoms with Crippen molar-refractivity contribution < 1.29 is 115 Å². The molecule has 5 amide bonds. The second-order valence-electron chi connectivity index (χ2n) is 19.0.